The first-order valence-electron chi connectivity index (χ1n) is 13.5. The monoisotopic (exact) mass is 586 g/mol. The number of hydrogen-bond donors (Lipinski definition) is 1. The summed E-state index contributed by atoms with van der Waals surface area (Å²) < 4.78 is 51.9. The van der Waals surface area contributed by atoms with E-state index in [0.29, 0.717) is 30.6 Å². The molecule has 1 N–H and O–H groups in total. The third kappa shape index (κ3) is 4.65. The second-order valence-corrected chi connectivity index (χ2v) is 15.0. The molecule has 0 aromatic heterocycles. The van der Waals surface area contributed by atoms with Crippen molar-refractivity contribution < 1.29 is 41.2 Å². The normalized spacial score (nSPS) is 41.3. The number of halogens is 1. The maximum absolute atomic E-state index is 17.5. The van der Waals surface area contributed by atoms with Crippen LogP contribution in [0.3, 0.4) is 0 Å². The Bertz CT molecular complexity index is 1210. The van der Waals surface area contributed by atoms with E-state index in [0.717, 1.165) is 12.0 Å². The third-order valence-electron chi connectivity index (χ3n) is 9.93. The zero-order valence-electron chi connectivity index (χ0n) is 23.2. The molecule has 4 aliphatic rings. The van der Waals surface area contributed by atoms with E-state index >= 15 is 4.39 Å². The number of ether oxygens (including phenoxy) is 1. The van der Waals surface area contributed by atoms with Gasteiger partial charge in [0.25, 0.3) is 10.1 Å². The van der Waals surface area contributed by atoms with Crippen LogP contribution in [0.2, 0.25) is 0 Å². The summed E-state index contributed by atoms with van der Waals surface area (Å²) in [7, 11) is -3.97. The lowest BCUT2D eigenvalue weighted by Crippen LogP contribution is -2.70. The maximum Gasteiger partial charge on any atom is 0.307 e. The van der Waals surface area contributed by atoms with E-state index in [4.69, 9.17) is 8.92 Å². The summed E-state index contributed by atoms with van der Waals surface area (Å²) in [6.45, 7) is 6.37. The van der Waals surface area contributed by atoms with Crippen LogP contribution in [-0.4, -0.2) is 72.8 Å². The number of aliphatic hydroxyl groups is 1. The molecule has 4 rings (SSSR count). The average Bonchev–Trinajstić information content (AvgIpc) is 3.05. The Morgan fingerprint density at radius 3 is 2.59 bits per heavy atom. The molecule has 8 atom stereocenters. The van der Waals surface area contributed by atoms with E-state index in [1.54, 1.807) is 38.6 Å². The number of Topliss-reactive ketones (excluding diaryl/α,β-unsaturated/α-hetero) is 1. The molecule has 0 saturated heterocycles. The van der Waals surface area contributed by atoms with Crippen molar-refractivity contribution in [3.05, 3.63) is 23.8 Å². The number of carbonyl (C=O) groups is 3. The lowest BCUT2D eigenvalue weighted by molar-refractivity contribution is -0.228. The summed E-state index contributed by atoms with van der Waals surface area (Å²) >= 11 is 1.55. The Kier molecular flexibility index (Phi) is 8.08. The summed E-state index contributed by atoms with van der Waals surface area (Å²) in [6, 6.07) is 0. The zero-order valence-corrected chi connectivity index (χ0v) is 24.8. The summed E-state index contributed by atoms with van der Waals surface area (Å²) in [5, 5.41) is 11.6. The van der Waals surface area contributed by atoms with Gasteiger partial charge in [-0.25, -0.2) is 4.39 Å². The van der Waals surface area contributed by atoms with E-state index < -0.39 is 74.4 Å². The minimum atomic E-state index is -3.97. The largest absolute Gasteiger partial charge is 0.450 e. The van der Waals surface area contributed by atoms with E-state index in [9.17, 15) is 27.9 Å². The third-order valence-corrected chi connectivity index (χ3v) is 11.4. The van der Waals surface area contributed by atoms with Gasteiger partial charge in [-0.15, -0.1) is 0 Å². The molecular formula is C28H39FO8S2. The number of thioether (sulfide) groups is 1. The van der Waals surface area contributed by atoms with E-state index in [1.165, 1.54) is 12.2 Å². The molecule has 0 amide bonds. The number of fused-ring (bicyclic) bond motifs is 5. The number of alkyl halides is 1. The van der Waals surface area contributed by atoms with Crippen LogP contribution < -0.4 is 0 Å². The number of esters is 1. The van der Waals surface area contributed by atoms with E-state index in [2.05, 4.69) is 0 Å². The fourth-order valence-corrected chi connectivity index (χ4v) is 9.12. The highest BCUT2D eigenvalue weighted by Gasteiger charge is 2.77. The van der Waals surface area contributed by atoms with Gasteiger partial charge in [0.1, 0.15) is 6.61 Å². The van der Waals surface area contributed by atoms with Crippen molar-refractivity contribution >= 4 is 39.4 Å². The molecule has 11 heteroatoms. The van der Waals surface area contributed by atoms with Crippen molar-refractivity contribution in [1.82, 2.24) is 0 Å². The molecule has 0 bridgehead atoms. The molecule has 0 radical (unpaired) electrons. The highest BCUT2D eigenvalue weighted by Crippen LogP contribution is 2.71. The van der Waals surface area contributed by atoms with Crippen LogP contribution in [0.1, 0.15) is 59.8 Å². The van der Waals surface area contributed by atoms with Crippen molar-refractivity contribution in [2.75, 3.05) is 24.4 Å². The molecule has 0 spiro atoms. The van der Waals surface area contributed by atoms with Gasteiger partial charge in [-0.1, -0.05) is 32.4 Å². The molecule has 39 heavy (non-hydrogen) atoms. The van der Waals surface area contributed by atoms with E-state index in [1.807, 2.05) is 6.92 Å². The van der Waals surface area contributed by atoms with Gasteiger partial charge in [0.2, 0.25) is 5.78 Å². The number of rotatable bonds is 9. The fraction of sp³-hybridized carbons (Fsp3) is 0.750. The topological polar surface area (TPSA) is 124 Å². The number of ketones is 2. The van der Waals surface area contributed by atoms with Crippen LogP contribution in [0.15, 0.2) is 23.8 Å². The maximum atomic E-state index is 17.5. The first kappa shape index (κ1) is 30.4. The van der Waals surface area contributed by atoms with Crippen LogP contribution in [-0.2, 0) is 33.4 Å². The lowest BCUT2D eigenvalue weighted by atomic mass is 9.44. The van der Waals surface area contributed by atoms with Crippen molar-refractivity contribution in [3.8, 4) is 0 Å². The van der Waals surface area contributed by atoms with Crippen molar-refractivity contribution in [2.45, 2.75) is 77.2 Å². The molecule has 0 aromatic carbocycles. The van der Waals surface area contributed by atoms with Crippen LogP contribution in [0.4, 0.5) is 4.39 Å². The van der Waals surface area contributed by atoms with Gasteiger partial charge in [0.05, 0.1) is 18.8 Å². The minimum absolute atomic E-state index is 0.0536. The minimum Gasteiger partial charge on any atom is -0.450 e. The molecule has 218 valence electrons. The number of allylic oxidation sites excluding steroid dienone is 4. The molecule has 3 fully saturated rings. The number of hydrogen-bond acceptors (Lipinski definition) is 9. The predicted octanol–water partition coefficient (Wildman–Crippen LogP) is 3.57. The predicted molar refractivity (Wildman–Crippen MR) is 145 cm³/mol. The second-order valence-electron chi connectivity index (χ2n) is 11.9. The Balaban J connectivity index is 1.78. The van der Waals surface area contributed by atoms with Crippen molar-refractivity contribution in [2.24, 2.45) is 28.6 Å². The molecule has 4 aliphatic carbocycles. The van der Waals surface area contributed by atoms with Gasteiger partial charge < -0.3 is 9.84 Å². The molecule has 0 heterocycles. The zero-order chi connectivity index (χ0) is 29.0. The Morgan fingerprint density at radius 2 is 1.95 bits per heavy atom. The van der Waals surface area contributed by atoms with E-state index in [-0.39, 0.29) is 18.6 Å². The summed E-state index contributed by atoms with van der Waals surface area (Å²) in [5.74, 6) is -1.93. The first-order valence-corrected chi connectivity index (χ1v) is 16.5. The van der Waals surface area contributed by atoms with Gasteiger partial charge in [-0.2, -0.15) is 20.2 Å². The molecule has 0 unspecified atom stereocenters. The summed E-state index contributed by atoms with van der Waals surface area (Å²) in [6.07, 6.45) is 4.71. The SMILES string of the molecule is CCSCCC(=O)O[C@]1(C(=O)COS(C)(=O)=O)[C@H](C)C[C@H]2[C@@H]3CCC4=CC(=O)C=C[C@]4(C)[C@@]3(F)[C@@H](O)C[C@@]21C. The smallest absolute Gasteiger partial charge is 0.307 e. The van der Waals surface area contributed by atoms with Crippen LogP contribution >= 0.6 is 11.8 Å². The second kappa shape index (κ2) is 10.4. The molecule has 8 nitrogen and oxygen atoms in total. The number of aliphatic hydroxyl groups excluding tert-OH is 1. The highest BCUT2D eigenvalue weighted by atomic mass is 32.2. The first-order chi connectivity index (χ1) is 18.1. The van der Waals surface area contributed by atoms with Gasteiger partial charge >= 0.3 is 5.97 Å². The van der Waals surface area contributed by atoms with Crippen LogP contribution in [0.25, 0.3) is 0 Å². The Morgan fingerprint density at radius 1 is 1.26 bits per heavy atom. The Labute approximate surface area is 234 Å². The lowest BCUT2D eigenvalue weighted by Gasteiger charge is -2.62. The summed E-state index contributed by atoms with van der Waals surface area (Å²) in [5.41, 5.74) is -5.64. The standard InChI is InChI=1S/C28H39FO8S2/c1-6-38-12-10-24(33)37-28(23(32)16-36-39(5,34)35)17(2)13-21-20-8-7-18-14-19(30)9-11-25(18,3)27(20,29)22(31)15-26(21,28)4/h9,11,14,17,20-22,31H,6-8,10,12-13,15-16H2,1-5H3/t17-,20+,21+,22+,25+,26+,27+,28+/m1/s1. The van der Waals surface area contributed by atoms with Crippen LogP contribution in [0, 0.1) is 28.6 Å². The van der Waals surface area contributed by atoms with Gasteiger partial charge in [-0.05, 0) is 56.4 Å². The van der Waals surface area contributed by atoms with Crippen molar-refractivity contribution in [3.63, 3.8) is 0 Å². The fourth-order valence-electron chi connectivity index (χ4n) is 8.20. The number of carbonyl (C=O) groups excluding carboxylic acids is 3. The molecule has 0 aliphatic heterocycles. The average molecular weight is 587 g/mol. The van der Waals surface area contributed by atoms with Crippen LogP contribution in [0.5, 0.6) is 0 Å². The molecule has 0 aromatic rings. The van der Waals surface area contributed by atoms with Gasteiger partial charge in [0, 0.05) is 28.4 Å². The molecule has 3 saturated carbocycles. The Hall–Kier alpha value is -1.56. The van der Waals surface area contributed by atoms with Gasteiger partial charge in [-0.3, -0.25) is 18.6 Å². The highest BCUT2D eigenvalue weighted by molar-refractivity contribution is 7.99. The summed E-state index contributed by atoms with van der Waals surface area (Å²) in [4.78, 5) is 39.1. The van der Waals surface area contributed by atoms with Gasteiger partial charge in [0.15, 0.2) is 17.1 Å². The molecular weight excluding hydrogens is 547 g/mol. The quantitative estimate of drug-likeness (QED) is 0.245. The van der Waals surface area contributed by atoms with Crippen molar-refractivity contribution in [1.29, 1.82) is 0 Å².